The topological polar surface area (TPSA) is 36.3 Å². The van der Waals surface area contributed by atoms with E-state index in [1.807, 2.05) is 31.3 Å². The summed E-state index contributed by atoms with van der Waals surface area (Å²) >= 11 is 0. The Hall–Kier alpha value is -3.23. The van der Waals surface area contributed by atoms with E-state index in [0.29, 0.717) is 5.56 Å². The van der Waals surface area contributed by atoms with E-state index in [9.17, 15) is 8.78 Å². The molecule has 1 aliphatic rings. The van der Waals surface area contributed by atoms with E-state index in [4.69, 9.17) is 10.00 Å². The molecule has 0 saturated heterocycles. The molecule has 0 radical (unpaired) electrons. The number of nitriles is 1. The van der Waals surface area contributed by atoms with Crippen LogP contribution in [-0.4, -0.2) is 18.5 Å². The van der Waals surface area contributed by atoms with Crippen molar-refractivity contribution in [2.45, 2.75) is 19.1 Å². The summed E-state index contributed by atoms with van der Waals surface area (Å²) in [6.07, 6.45) is 0.434. The number of fused-ring (bicyclic) bond motifs is 1. The van der Waals surface area contributed by atoms with E-state index in [0.717, 1.165) is 47.8 Å². The normalized spacial score (nSPS) is 16.6. The minimum atomic E-state index is -0.651. The molecule has 0 saturated carbocycles. The highest BCUT2D eigenvalue weighted by Gasteiger charge is 2.23. The second kappa shape index (κ2) is 8.02. The van der Waals surface area contributed by atoms with Gasteiger partial charge in [-0.3, -0.25) is 0 Å². The molecular weight excluding hydrogens is 370 g/mol. The molecule has 5 heteroatoms. The maximum atomic E-state index is 13.6. The van der Waals surface area contributed by atoms with Crippen LogP contribution < -0.4 is 4.74 Å². The quantitative estimate of drug-likeness (QED) is 0.596. The smallest absolute Gasteiger partial charge is 0.129 e. The van der Waals surface area contributed by atoms with Crippen molar-refractivity contribution in [2.75, 3.05) is 13.6 Å². The van der Waals surface area contributed by atoms with Gasteiger partial charge in [-0.2, -0.15) is 5.26 Å². The summed E-state index contributed by atoms with van der Waals surface area (Å²) in [6, 6.07) is 19.0. The van der Waals surface area contributed by atoms with E-state index in [1.54, 1.807) is 12.1 Å². The van der Waals surface area contributed by atoms with E-state index < -0.39 is 11.6 Å². The molecule has 1 aliphatic heterocycles. The Bertz CT molecular complexity index is 1050. The molecule has 0 fully saturated rings. The van der Waals surface area contributed by atoms with Crippen molar-refractivity contribution in [2.24, 2.45) is 0 Å². The molecule has 0 N–H and O–H groups in total. The Morgan fingerprint density at radius 1 is 0.966 bits per heavy atom. The highest BCUT2D eigenvalue weighted by atomic mass is 19.1. The van der Waals surface area contributed by atoms with Crippen molar-refractivity contribution in [1.82, 2.24) is 4.90 Å². The summed E-state index contributed by atoms with van der Waals surface area (Å²) < 4.78 is 33.1. The van der Waals surface area contributed by atoms with Gasteiger partial charge in [0.15, 0.2) is 0 Å². The number of rotatable bonds is 3. The van der Waals surface area contributed by atoms with Crippen molar-refractivity contribution in [3.05, 3.63) is 89.0 Å². The van der Waals surface area contributed by atoms with Crippen LogP contribution in [-0.2, 0) is 6.54 Å². The molecule has 3 aromatic rings. The predicted molar refractivity (Wildman–Crippen MR) is 107 cm³/mol. The van der Waals surface area contributed by atoms with E-state index in [-0.39, 0.29) is 11.9 Å². The number of hydrogen-bond donors (Lipinski definition) is 0. The van der Waals surface area contributed by atoms with Gasteiger partial charge in [-0.1, -0.05) is 24.3 Å². The van der Waals surface area contributed by atoms with Crippen LogP contribution in [0, 0.1) is 23.0 Å². The molecule has 1 heterocycles. The highest BCUT2D eigenvalue weighted by molar-refractivity contribution is 5.66. The summed E-state index contributed by atoms with van der Waals surface area (Å²) in [6.45, 7) is 1.57. The minimum Gasteiger partial charge on any atom is -0.485 e. The van der Waals surface area contributed by atoms with Crippen molar-refractivity contribution in [3.63, 3.8) is 0 Å². The fraction of sp³-hybridized carbons (Fsp3) is 0.208. The maximum Gasteiger partial charge on any atom is 0.129 e. The number of halogens is 2. The first-order valence-corrected chi connectivity index (χ1v) is 9.46. The van der Waals surface area contributed by atoms with Crippen LogP contribution in [0.2, 0.25) is 0 Å². The summed E-state index contributed by atoms with van der Waals surface area (Å²) in [7, 11) is 2.04. The van der Waals surface area contributed by atoms with Gasteiger partial charge in [0.25, 0.3) is 0 Å². The SMILES string of the molecule is CN1CCC(Oc2cc(F)cc(F)c2)c2ccc(-c3ccc(C#N)cc3)cc2C1. The lowest BCUT2D eigenvalue weighted by Crippen LogP contribution is -2.18. The lowest BCUT2D eigenvalue weighted by molar-refractivity contribution is 0.181. The van der Waals surface area contributed by atoms with Gasteiger partial charge < -0.3 is 9.64 Å². The molecule has 29 heavy (non-hydrogen) atoms. The van der Waals surface area contributed by atoms with Crippen molar-refractivity contribution in [3.8, 4) is 22.9 Å². The van der Waals surface area contributed by atoms with Gasteiger partial charge in [0.2, 0.25) is 0 Å². The number of hydrogen-bond acceptors (Lipinski definition) is 3. The van der Waals surface area contributed by atoms with Crippen molar-refractivity contribution < 1.29 is 13.5 Å². The van der Waals surface area contributed by atoms with Gasteiger partial charge >= 0.3 is 0 Å². The van der Waals surface area contributed by atoms with Crippen LogP contribution in [0.3, 0.4) is 0 Å². The predicted octanol–water partition coefficient (Wildman–Crippen LogP) is 5.46. The zero-order valence-electron chi connectivity index (χ0n) is 16.0. The molecule has 4 rings (SSSR count). The first-order valence-electron chi connectivity index (χ1n) is 9.46. The zero-order chi connectivity index (χ0) is 20.4. The average molecular weight is 390 g/mol. The Kier molecular flexibility index (Phi) is 5.28. The molecule has 0 bridgehead atoms. The average Bonchev–Trinajstić information content (AvgIpc) is 2.85. The fourth-order valence-corrected chi connectivity index (χ4v) is 3.72. The van der Waals surface area contributed by atoms with Crippen LogP contribution >= 0.6 is 0 Å². The summed E-state index contributed by atoms with van der Waals surface area (Å²) in [5.41, 5.74) is 4.85. The van der Waals surface area contributed by atoms with Gasteiger partial charge in [0.05, 0.1) is 11.6 Å². The summed E-state index contributed by atoms with van der Waals surface area (Å²) in [5.74, 6) is -1.11. The Morgan fingerprint density at radius 2 is 1.66 bits per heavy atom. The molecule has 0 aromatic heterocycles. The second-order valence-electron chi connectivity index (χ2n) is 7.34. The zero-order valence-corrected chi connectivity index (χ0v) is 16.0. The number of nitrogens with zero attached hydrogens (tertiary/aromatic N) is 2. The monoisotopic (exact) mass is 390 g/mol. The third-order valence-electron chi connectivity index (χ3n) is 5.16. The Morgan fingerprint density at radius 3 is 2.34 bits per heavy atom. The number of ether oxygens (including phenoxy) is 1. The summed E-state index contributed by atoms with van der Waals surface area (Å²) in [4.78, 5) is 2.21. The van der Waals surface area contributed by atoms with Crippen LogP contribution in [0.4, 0.5) is 8.78 Å². The van der Waals surface area contributed by atoms with E-state index >= 15 is 0 Å². The first-order chi connectivity index (χ1) is 14.0. The summed E-state index contributed by atoms with van der Waals surface area (Å²) in [5, 5.41) is 8.99. The molecule has 1 atom stereocenters. The van der Waals surface area contributed by atoms with Crippen LogP contribution in [0.5, 0.6) is 5.75 Å². The molecule has 0 amide bonds. The minimum absolute atomic E-state index is 0.194. The van der Waals surface area contributed by atoms with E-state index in [1.165, 1.54) is 12.1 Å². The van der Waals surface area contributed by atoms with E-state index in [2.05, 4.69) is 17.0 Å². The van der Waals surface area contributed by atoms with Crippen molar-refractivity contribution >= 4 is 0 Å². The van der Waals surface area contributed by atoms with Crippen LogP contribution in [0.15, 0.2) is 60.7 Å². The third-order valence-corrected chi connectivity index (χ3v) is 5.16. The molecule has 146 valence electrons. The van der Waals surface area contributed by atoms with Gasteiger partial charge in [-0.05, 0) is 47.5 Å². The van der Waals surface area contributed by atoms with Gasteiger partial charge in [0, 0.05) is 37.7 Å². The molecule has 0 spiro atoms. The molecular formula is C24H20F2N2O. The first kappa shape index (κ1) is 19.1. The molecule has 0 aliphatic carbocycles. The molecule has 3 aromatic carbocycles. The molecule has 1 unspecified atom stereocenters. The fourth-order valence-electron chi connectivity index (χ4n) is 3.72. The molecule has 3 nitrogen and oxygen atoms in total. The lowest BCUT2D eigenvalue weighted by Gasteiger charge is -2.20. The second-order valence-corrected chi connectivity index (χ2v) is 7.34. The third kappa shape index (κ3) is 4.28. The highest BCUT2D eigenvalue weighted by Crippen LogP contribution is 2.34. The van der Waals surface area contributed by atoms with Gasteiger partial charge in [0.1, 0.15) is 23.5 Å². The van der Waals surface area contributed by atoms with Crippen LogP contribution in [0.1, 0.15) is 29.2 Å². The largest absolute Gasteiger partial charge is 0.485 e. The Labute approximate surface area is 168 Å². The lowest BCUT2D eigenvalue weighted by atomic mass is 9.95. The Balaban J connectivity index is 1.68. The standard InChI is InChI=1S/C24H20F2N2O/c1-28-9-8-24(29-22-12-20(25)11-21(26)13-22)23-7-6-18(10-19(23)15-28)17-4-2-16(14-27)3-5-17/h2-7,10-13,24H,8-9,15H2,1H3. The van der Waals surface area contributed by atoms with Crippen LogP contribution in [0.25, 0.3) is 11.1 Å². The number of benzene rings is 3. The van der Waals surface area contributed by atoms with Gasteiger partial charge in [-0.25, -0.2) is 8.78 Å². The van der Waals surface area contributed by atoms with Crippen molar-refractivity contribution in [1.29, 1.82) is 5.26 Å². The van der Waals surface area contributed by atoms with Gasteiger partial charge in [-0.15, -0.1) is 0 Å². The maximum absolute atomic E-state index is 13.6.